The molecule has 0 aromatic heterocycles. The van der Waals surface area contributed by atoms with Crippen molar-refractivity contribution in [2.75, 3.05) is 13.1 Å². The zero-order valence-corrected chi connectivity index (χ0v) is 15.4. The Bertz CT molecular complexity index is 875. The molecule has 2 aromatic rings. The molecule has 8 heteroatoms. The molecule has 26 heavy (non-hydrogen) atoms. The van der Waals surface area contributed by atoms with Crippen LogP contribution in [-0.4, -0.2) is 31.9 Å². The van der Waals surface area contributed by atoms with Crippen LogP contribution in [0.1, 0.15) is 18.4 Å². The molecule has 1 aliphatic rings. The molecule has 140 valence electrons. The van der Waals surface area contributed by atoms with Crippen molar-refractivity contribution in [3.63, 3.8) is 0 Å². The van der Waals surface area contributed by atoms with Crippen LogP contribution < -0.4 is 0 Å². The molecule has 0 N–H and O–H groups in total. The maximum atomic E-state index is 13.7. The minimum Gasteiger partial charge on any atom is -0.372 e. The third-order valence-corrected chi connectivity index (χ3v) is 6.41. The molecule has 0 amide bonds. The fraction of sp³-hybridized carbons (Fsp3) is 0.333. The molecule has 3 rings (SSSR count). The Morgan fingerprint density at radius 1 is 1.15 bits per heavy atom. The summed E-state index contributed by atoms with van der Waals surface area (Å²) in [7, 11) is -3.65. The van der Waals surface area contributed by atoms with Gasteiger partial charge in [0.15, 0.2) is 0 Å². The minimum atomic E-state index is -3.65. The monoisotopic (exact) mass is 401 g/mol. The predicted molar refractivity (Wildman–Crippen MR) is 94.4 cm³/mol. The van der Waals surface area contributed by atoms with Crippen LogP contribution in [-0.2, 0) is 21.4 Å². The van der Waals surface area contributed by atoms with Gasteiger partial charge in [0.05, 0.1) is 17.6 Å². The second kappa shape index (κ2) is 8.00. The highest BCUT2D eigenvalue weighted by Crippen LogP contribution is 2.24. The molecular formula is C18H18ClF2NO3S. The molecule has 1 fully saturated rings. The summed E-state index contributed by atoms with van der Waals surface area (Å²) in [5, 5.41) is 0.459. The van der Waals surface area contributed by atoms with Crippen molar-refractivity contribution in [1.29, 1.82) is 0 Å². The maximum Gasteiger partial charge on any atom is 0.243 e. The molecule has 1 atom stereocenters. The van der Waals surface area contributed by atoms with E-state index in [0.29, 0.717) is 24.4 Å². The Kier molecular flexibility index (Phi) is 5.92. The number of hydrogen-bond acceptors (Lipinski definition) is 3. The fourth-order valence-electron chi connectivity index (χ4n) is 2.88. The minimum absolute atomic E-state index is 0.108. The second-order valence-corrected chi connectivity index (χ2v) is 8.50. The molecule has 1 heterocycles. The summed E-state index contributed by atoms with van der Waals surface area (Å²) in [5.74, 6) is -1.09. The van der Waals surface area contributed by atoms with Gasteiger partial charge in [0.25, 0.3) is 0 Å². The largest absolute Gasteiger partial charge is 0.372 e. The summed E-state index contributed by atoms with van der Waals surface area (Å²) in [6, 6.07) is 9.15. The number of halogens is 3. The van der Waals surface area contributed by atoms with Crippen LogP contribution in [0.15, 0.2) is 47.4 Å². The lowest BCUT2D eigenvalue weighted by Crippen LogP contribution is -2.43. The van der Waals surface area contributed by atoms with Gasteiger partial charge < -0.3 is 4.74 Å². The lowest BCUT2D eigenvalue weighted by Gasteiger charge is -2.32. The van der Waals surface area contributed by atoms with E-state index in [4.69, 9.17) is 16.3 Å². The van der Waals surface area contributed by atoms with E-state index < -0.39 is 21.7 Å². The molecule has 2 aromatic carbocycles. The molecule has 0 bridgehead atoms. The highest BCUT2D eigenvalue weighted by atomic mass is 35.5. The number of benzene rings is 2. The van der Waals surface area contributed by atoms with Crippen molar-refractivity contribution in [1.82, 2.24) is 4.31 Å². The first kappa shape index (κ1) is 19.2. The van der Waals surface area contributed by atoms with Crippen LogP contribution in [0.4, 0.5) is 8.78 Å². The van der Waals surface area contributed by atoms with Crippen LogP contribution in [0.2, 0.25) is 5.02 Å². The summed E-state index contributed by atoms with van der Waals surface area (Å²) in [5.41, 5.74) is 0.114. The molecular weight excluding hydrogens is 384 g/mol. The van der Waals surface area contributed by atoms with Gasteiger partial charge in [0.1, 0.15) is 11.6 Å². The topological polar surface area (TPSA) is 46.6 Å². The van der Waals surface area contributed by atoms with Crippen molar-refractivity contribution in [3.05, 3.63) is 64.7 Å². The van der Waals surface area contributed by atoms with Crippen LogP contribution >= 0.6 is 11.6 Å². The SMILES string of the molecule is O=S(=O)(c1ccc(Cl)cc1)N1CCCC(OCc2cc(F)ccc2F)C1. The van der Waals surface area contributed by atoms with Crippen molar-refractivity contribution in [2.24, 2.45) is 0 Å². The summed E-state index contributed by atoms with van der Waals surface area (Å²) in [4.78, 5) is 0.165. The Balaban J connectivity index is 1.67. The zero-order chi connectivity index (χ0) is 18.7. The third-order valence-electron chi connectivity index (χ3n) is 4.27. The van der Waals surface area contributed by atoms with Crippen molar-refractivity contribution >= 4 is 21.6 Å². The normalized spacial score (nSPS) is 18.8. The van der Waals surface area contributed by atoms with Crippen LogP contribution in [0, 0.1) is 11.6 Å². The van der Waals surface area contributed by atoms with E-state index in [2.05, 4.69) is 0 Å². The first-order valence-corrected chi connectivity index (χ1v) is 9.99. The lowest BCUT2D eigenvalue weighted by molar-refractivity contribution is 0.00685. The van der Waals surface area contributed by atoms with E-state index in [1.807, 2.05) is 0 Å². The number of hydrogen-bond donors (Lipinski definition) is 0. The van der Waals surface area contributed by atoms with Gasteiger partial charge in [-0.2, -0.15) is 4.31 Å². The van der Waals surface area contributed by atoms with Crippen LogP contribution in [0.3, 0.4) is 0 Å². The van der Waals surface area contributed by atoms with E-state index in [9.17, 15) is 17.2 Å². The van der Waals surface area contributed by atoms with Gasteiger partial charge in [-0.15, -0.1) is 0 Å². The van der Waals surface area contributed by atoms with Gasteiger partial charge in [-0.3, -0.25) is 0 Å². The average molecular weight is 402 g/mol. The predicted octanol–water partition coefficient (Wildman–Crippen LogP) is 3.99. The van der Waals surface area contributed by atoms with Gasteiger partial charge in [-0.05, 0) is 55.3 Å². The van der Waals surface area contributed by atoms with Crippen LogP contribution in [0.5, 0.6) is 0 Å². The Morgan fingerprint density at radius 3 is 2.62 bits per heavy atom. The van der Waals surface area contributed by atoms with Gasteiger partial charge in [0.2, 0.25) is 10.0 Å². The first-order valence-electron chi connectivity index (χ1n) is 8.17. The van der Waals surface area contributed by atoms with E-state index >= 15 is 0 Å². The summed E-state index contributed by atoms with van der Waals surface area (Å²) < 4.78 is 59.4. The fourth-order valence-corrected chi connectivity index (χ4v) is 4.51. The average Bonchev–Trinajstić information content (AvgIpc) is 2.63. The van der Waals surface area contributed by atoms with Crippen molar-refractivity contribution in [2.45, 2.75) is 30.4 Å². The quantitative estimate of drug-likeness (QED) is 0.761. The Hall–Kier alpha value is -1.54. The van der Waals surface area contributed by atoms with E-state index in [0.717, 1.165) is 18.2 Å². The molecule has 4 nitrogen and oxygen atoms in total. The second-order valence-electron chi connectivity index (χ2n) is 6.13. The van der Waals surface area contributed by atoms with Crippen LogP contribution in [0.25, 0.3) is 0 Å². The molecule has 0 saturated carbocycles. The first-order chi connectivity index (χ1) is 12.4. The molecule has 0 aliphatic carbocycles. The zero-order valence-electron chi connectivity index (χ0n) is 13.9. The number of rotatable bonds is 5. The Morgan fingerprint density at radius 2 is 1.88 bits per heavy atom. The number of sulfonamides is 1. The third kappa shape index (κ3) is 4.40. The molecule has 1 saturated heterocycles. The van der Waals surface area contributed by atoms with E-state index in [1.165, 1.54) is 28.6 Å². The lowest BCUT2D eigenvalue weighted by atomic mass is 10.1. The van der Waals surface area contributed by atoms with Crippen molar-refractivity contribution in [3.8, 4) is 0 Å². The molecule has 0 spiro atoms. The number of ether oxygens (including phenoxy) is 1. The van der Waals surface area contributed by atoms with Gasteiger partial charge in [-0.25, -0.2) is 17.2 Å². The van der Waals surface area contributed by atoms with Gasteiger partial charge >= 0.3 is 0 Å². The maximum absolute atomic E-state index is 13.7. The highest BCUT2D eigenvalue weighted by Gasteiger charge is 2.30. The van der Waals surface area contributed by atoms with Crippen molar-refractivity contribution < 1.29 is 21.9 Å². The molecule has 1 unspecified atom stereocenters. The number of nitrogens with zero attached hydrogens (tertiary/aromatic N) is 1. The van der Waals surface area contributed by atoms with E-state index in [1.54, 1.807) is 0 Å². The number of piperidine rings is 1. The standard InChI is InChI=1S/C18H18ClF2NO3S/c19-14-3-6-17(7-4-14)26(23,24)22-9-1-2-16(11-22)25-12-13-10-15(20)5-8-18(13)21/h3-8,10,16H,1-2,9,11-12H2. The van der Waals surface area contributed by atoms with E-state index in [-0.39, 0.29) is 29.7 Å². The summed E-state index contributed by atoms with van der Waals surface area (Å²) in [6.45, 7) is 0.449. The molecule has 0 radical (unpaired) electrons. The smallest absolute Gasteiger partial charge is 0.243 e. The van der Waals surface area contributed by atoms with Gasteiger partial charge in [-0.1, -0.05) is 11.6 Å². The summed E-state index contributed by atoms with van der Waals surface area (Å²) >= 11 is 5.81. The molecule has 1 aliphatic heterocycles. The Labute approximate surface area is 156 Å². The highest BCUT2D eigenvalue weighted by molar-refractivity contribution is 7.89. The van der Waals surface area contributed by atoms with Gasteiger partial charge in [0, 0.05) is 23.7 Å². The summed E-state index contributed by atoms with van der Waals surface area (Å²) in [6.07, 6.45) is 0.903.